The maximum absolute atomic E-state index is 5.76. The summed E-state index contributed by atoms with van der Waals surface area (Å²) in [5, 5.41) is 1.66. The van der Waals surface area contributed by atoms with Gasteiger partial charge in [0.1, 0.15) is 0 Å². The largest absolute Gasteiger partial charge is 0.327 e. The van der Waals surface area contributed by atoms with Crippen molar-refractivity contribution in [3.05, 3.63) is 11.4 Å². The van der Waals surface area contributed by atoms with Crippen molar-refractivity contribution >= 4 is 7.92 Å². The first-order chi connectivity index (χ1) is 4.70. The van der Waals surface area contributed by atoms with Crippen LogP contribution in [-0.4, -0.2) is 19.4 Å². The first-order valence-corrected chi connectivity index (χ1v) is 6.05. The molecule has 1 atom stereocenters. The highest BCUT2D eigenvalue weighted by Crippen LogP contribution is 2.41. The van der Waals surface area contributed by atoms with Crippen molar-refractivity contribution in [1.82, 2.24) is 0 Å². The third kappa shape index (κ3) is 2.07. The Morgan fingerprint density at radius 1 is 1.60 bits per heavy atom. The van der Waals surface area contributed by atoms with E-state index in [0.717, 1.165) is 6.42 Å². The maximum atomic E-state index is 5.76. The third-order valence-electron chi connectivity index (χ3n) is 2.00. The van der Waals surface area contributed by atoms with Gasteiger partial charge in [-0.3, -0.25) is 0 Å². The lowest BCUT2D eigenvalue weighted by atomic mass is 10.0. The lowest BCUT2D eigenvalue weighted by Crippen LogP contribution is -2.21. The molecule has 58 valence electrons. The zero-order valence-electron chi connectivity index (χ0n) is 6.80. The van der Waals surface area contributed by atoms with Crippen molar-refractivity contribution in [3.63, 3.8) is 0 Å². The summed E-state index contributed by atoms with van der Waals surface area (Å²) in [7, 11) is 0.168. The van der Waals surface area contributed by atoms with Gasteiger partial charge in [0.05, 0.1) is 0 Å². The molecule has 1 aliphatic rings. The first kappa shape index (κ1) is 8.23. The van der Waals surface area contributed by atoms with Crippen molar-refractivity contribution in [3.8, 4) is 0 Å². The highest BCUT2D eigenvalue weighted by atomic mass is 31.1. The van der Waals surface area contributed by atoms with Crippen LogP contribution in [0.25, 0.3) is 0 Å². The second-order valence-corrected chi connectivity index (χ2v) is 5.49. The Kier molecular flexibility index (Phi) is 2.88. The molecule has 0 saturated heterocycles. The van der Waals surface area contributed by atoms with Crippen LogP contribution in [0.4, 0.5) is 0 Å². The fourth-order valence-electron chi connectivity index (χ4n) is 1.25. The molecule has 0 aromatic rings. The highest BCUT2D eigenvalue weighted by molar-refractivity contribution is 7.60. The molecule has 0 unspecified atom stereocenters. The molecule has 0 spiro atoms. The van der Waals surface area contributed by atoms with E-state index < -0.39 is 0 Å². The fourth-order valence-corrected chi connectivity index (χ4v) is 2.29. The van der Waals surface area contributed by atoms with Gasteiger partial charge < -0.3 is 5.73 Å². The molecule has 0 aromatic carbocycles. The van der Waals surface area contributed by atoms with E-state index in [9.17, 15) is 0 Å². The molecule has 1 aliphatic carbocycles. The van der Waals surface area contributed by atoms with Crippen molar-refractivity contribution < 1.29 is 0 Å². The molecular weight excluding hydrogens is 141 g/mol. The Hall–Kier alpha value is 0.130. The Morgan fingerprint density at radius 3 is 2.70 bits per heavy atom. The summed E-state index contributed by atoms with van der Waals surface area (Å²) in [4.78, 5) is 0. The molecule has 0 bridgehead atoms. The van der Waals surface area contributed by atoms with Gasteiger partial charge in [-0.1, -0.05) is 19.3 Å². The average Bonchev–Trinajstić information content (AvgIpc) is 1.88. The molecule has 0 aromatic heterocycles. The van der Waals surface area contributed by atoms with E-state index in [1.807, 2.05) is 0 Å². The molecule has 10 heavy (non-hydrogen) atoms. The minimum absolute atomic E-state index is 0.168. The molecule has 0 fully saturated rings. The normalized spacial score (nSPS) is 26.8. The lowest BCUT2D eigenvalue weighted by Gasteiger charge is -2.20. The molecule has 0 amide bonds. The van der Waals surface area contributed by atoms with E-state index in [1.54, 1.807) is 5.31 Å². The molecule has 1 nitrogen and oxygen atoms in total. The van der Waals surface area contributed by atoms with Gasteiger partial charge in [-0.25, -0.2) is 0 Å². The summed E-state index contributed by atoms with van der Waals surface area (Å²) >= 11 is 0. The van der Waals surface area contributed by atoms with Crippen LogP contribution >= 0.6 is 7.92 Å². The molecular formula is C8H16NP. The molecule has 0 heterocycles. The summed E-state index contributed by atoms with van der Waals surface area (Å²) in [6, 6.07) is 0.443. The van der Waals surface area contributed by atoms with Crippen LogP contribution in [0, 0.1) is 0 Å². The van der Waals surface area contributed by atoms with Crippen LogP contribution in [0.1, 0.15) is 19.3 Å². The van der Waals surface area contributed by atoms with Crippen molar-refractivity contribution in [1.29, 1.82) is 0 Å². The van der Waals surface area contributed by atoms with Gasteiger partial charge in [-0.05, 0) is 32.6 Å². The van der Waals surface area contributed by atoms with E-state index in [2.05, 4.69) is 19.4 Å². The molecule has 2 N–H and O–H groups in total. The number of allylic oxidation sites excluding steroid dienone is 1. The second kappa shape index (κ2) is 3.50. The first-order valence-electron chi connectivity index (χ1n) is 3.82. The average molecular weight is 157 g/mol. The molecule has 0 radical (unpaired) electrons. The Bertz CT molecular complexity index is 140. The maximum Gasteiger partial charge on any atom is 0.00768 e. The number of nitrogens with two attached hydrogens (primary N) is 1. The van der Waals surface area contributed by atoms with Crippen LogP contribution in [0.5, 0.6) is 0 Å². The monoisotopic (exact) mass is 157 g/mol. The van der Waals surface area contributed by atoms with Gasteiger partial charge in [0.25, 0.3) is 0 Å². The molecule has 0 saturated carbocycles. The molecule has 2 heteroatoms. The van der Waals surface area contributed by atoms with Crippen LogP contribution in [0.15, 0.2) is 11.4 Å². The zero-order chi connectivity index (χ0) is 7.56. The van der Waals surface area contributed by atoms with Gasteiger partial charge >= 0.3 is 0 Å². The van der Waals surface area contributed by atoms with Gasteiger partial charge in [0, 0.05) is 6.04 Å². The van der Waals surface area contributed by atoms with E-state index in [-0.39, 0.29) is 7.92 Å². The van der Waals surface area contributed by atoms with Gasteiger partial charge in [0.2, 0.25) is 0 Å². The quantitative estimate of drug-likeness (QED) is 0.580. The standard InChI is InChI=1S/C8H16NP/c1-10(2)8-5-3-7(9)4-6-8/h5,7H,3-4,6,9H2,1-2H3/t7-/m1/s1. The van der Waals surface area contributed by atoms with Crippen LogP contribution in [0.3, 0.4) is 0 Å². The number of hydrogen-bond donors (Lipinski definition) is 1. The van der Waals surface area contributed by atoms with Gasteiger partial charge in [-0.2, -0.15) is 0 Å². The van der Waals surface area contributed by atoms with Gasteiger partial charge in [-0.15, -0.1) is 0 Å². The topological polar surface area (TPSA) is 26.0 Å². The van der Waals surface area contributed by atoms with E-state index in [1.165, 1.54) is 12.8 Å². The number of rotatable bonds is 1. The van der Waals surface area contributed by atoms with Gasteiger partial charge in [0.15, 0.2) is 0 Å². The fraction of sp³-hybridized carbons (Fsp3) is 0.750. The summed E-state index contributed by atoms with van der Waals surface area (Å²) in [6.07, 6.45) is 5.90. The smallest absolute Gasteiger partial charge is 0.00768 e. The van der Waals surface area contributed by atoms with Crippen molar-refractivity contribution in [2.75, 3.05) is 13.3 Å². The number of hydrogen-bond acceptors (Lipinski definition) is 1. The Balaban J connectivity index is 2.48. The Morgan fingerprint density at radius 2 is 2.30 bits per heavy atom. The zero-order valence-corrected chi connectivity index (χ0v) is 7.70. The summed E-state index contributed by atoms with van der Waals surface area (Å²) in [6.45, 7) is 4.63. The molecule has 0 aliphatic heterocycles. The van der Waals surface area contributed by atoms with E-state index in [0.29, 0.717) is 6.04 Å². The minimum atomic E-state index is 0.168. The van der Waals surface area contributed by atoms with E-state index in [4.69, 9.17) is 5.73 Å². The Labute approximate surface area is 64.4 Å². The predicted molar refractivity (Wildman–Crippen MR) is 48.7 cm³/mol. The van der Waals surface area contributed by atoms with Crippen LogP contribution < -0.4 is 5.73 Å². The minimum Gasteiger partial charge on any atom is -0.327 e. The van der Waals surface area contributed by atoms with Crippen LogP contribution in [0.2, 0.25) is 0 Å². The summed E-state index contributed by atoms with van der Waals surface area (Å²) in [5.74, 6) is 0. The SMILES string of the molecule is CP(C)C1=CC[C@@H](N)CC1. The molecule has 1 rings (SSSR count). The van der Waals surface area contributed by atoms with E-state index >= 15 is 0 Å². The summed E-state index contributed by atoms with van der Waals surface area (Å²) in [5.41, 5.74) is 5.76. The highest BCUT2D eigenvalue weighted by Gasteiger charge is 2.11. The van der Waals surface area contributed by atoms with Crippen LogP contribution in [-0.2, 0) is 0 Å². The predicted octanol–water partition coefficient (Wildman–Crippen LogP) is 2.12. The van der Waals surface area contributed by atoms with Crippen molar-refractivity contribution in [2.24, 2.45) is 5.73 Å². The summed E-state index contributed by atoms with van der Waals surface area (Å²) < 4.78 is 0. The second-order valence-electron chi connectivity index (χ2n) is 3.12. The lowest BCUT2D eigenvalue weighted by molar-refractivity contribution is 0.602. The third-order valence-corrected chi connectivity index (χ3v) is 3.56. The van der Waals surface area contributed by atoms with Crippen molar-refractivity contribution in [2.45, 2.75) is 25.3 Å².